The third-order valence-electron chi connectivity index (χ3n) is 2.89. The Kier molecular flexibility index (Phi) is 4.94. The van der Waals surface area contributed by atoms with Crippen LogP contribution in [0.5, 0.6) is 0 Å². The zero-order valence-electron chi connectivity index (χ0n) is 11.5. The topological polar surface area (TPSA) is 84.2 Å². The maximum absolute atomic E-state index is 13.0. The number of halogens is 2. The van der Waals surface area contributed by atoms with Gasteiger partial charge in [-0.1, -0.05) is 0 Å². The van der Waals surface area contributed by atoms with Crippen molar-refractivity contribution < 1.29 is 17.2 Å². The average Bonchev–Trinajstić information content (AvgIpc) is 2.47. The summed E-state index contributed by atoms with van der Waals surface area (Å²) in [4.78, 5) is 0.0398. The number of benzene rings is 2. The third kappa shape index (κ3) is 4.40. The quantitative estimate of drug-likeness (QED) is 0.710. The number of nitrogens with one attached hydrogen (secondary N) is 2. The average molecular weight is 327 g/mol. The lowest BCUT2D eigenvalue weighted by Crippen LogP contribution is -2.14. The molecule has 0 unspecified atom stereocenters. The summed E-state index contributed by atoms with van der Waals surface area (Å²) in [6.07, 6.45) is 0. The Labute approximate surface area is 127 Å². The molecule has 2 aromatic rings. The van der Waals surface area contributed by atoms with Crippen molar-refractivity contribution in [3.63, 3.8) is 0 Å². The highest BCUT2D eigenvalue weighted by atomic mass is 32.2. The lowest BCUT2D eigenvalue weighted by Gasteiger charge is -2.09. The van der Waals surface area contributed by atoms with Crippen molar-refractivity contribution in [1.29, 1.82) is 0 Å². The molecule has 0 amide bonds. The van der Waals surface area contributed by atoms with E-state index < -0.39 is 21.7 Å². The van der Waals surface area contributed by atoms with Crippen LogP contribution < -0.4 is 15.8 Å². The van der Waals surface area contributed by atoms with Crippen LogP contribution in [0.25, 0.3) is 0 Å². The van der Waals surface area contributed by atoms with E-state index in [1.165, 1.54) is 18.2 Å². The van der Waals surface area contributed by atoms with Gasteiger partial charge in [0.25, 0.3) is 0 Å². The summed E-state index contributed by atoms with van der Waals surface area (Å²) in [6.45, 7) is 0.982. The van der Waals surface area contributed by atoms with Crippen molar-refractivity contribution in [2.24, 2.45) is 5.14 Å². The van der Waals surface area contributed by atoms with E-state index in [-0.39, 0.29) is 4.90 Å². The summed E-state index contributed by atoms with van der Waals surface area (Å²) in [6, 6.07) is 9.57. The lowest BCUT2D eigenvalue weighted by atomic mass is 10.3. The zero-order chi connectivity index (χ0) is 16.2. The fraction of sp³-hybridized carbons (Fsp3) is 0.143. The second kappa shape index (κ2) is 6.71. The van der Waals surface area contributed by atoms with Gasteiger partial charge in [0.05, 0.1) is 4.90 Å². The predicted molar refractivity (Wildman–Crippen MR) is 81.2 cm³/mol. The highest BCUT2D eigenvalue weighted by Crippen LogP contribution is 2.14. The number of rotatable bonds is 6. The van der Waals surface area contributed by atoms with Crippen LogP contribution in [-0.4, -0.2) is 21.5 Å². The highest BCUT2D eigenvalue weighted by Gasteiger charge is 2.06. The highest BCUT2D eigenvalue weighted by molar-refractivity contribution is 7.89. The maximum Gasteiger partial charge on any atom is 0.238 e. The Bertz CT molecular complexity index is 749. The molecular weight excluding hydrogens is 312 g/mol. The molecule has 0 radical (unpaired) electrons. The first-order valence-corrected chi connectivity index (χ1v) is 7.96. The zero-order valence-corrected chi connectivity index (χ0v) is 12.3. The molecule has 22 heavy (non-hydrogen) atoms. The van der Waals surface area contributed by atoms with E-state index >= 15 is 0 Å². The van der Waals surface area contributed by atoms with E-state index in [9.17, 15) is 17.2 Å². The van der Waals surface area contributed by atoms with Crippen molar-refractivity contribution in [3.8, 4) is 0 Å². The standard InChI is InChI=1S/C14H15F2N3O2S/c15-13-6-3-11(9-14(13)16)19-8-7-18-10-1-4-12(5-2-10)22(17,20)21/h1-6,9,18-19H,7-8H2,(H2,17,20,21). The van der Waals surface area contributed by atoms with E-state index in [1.54, 1.807) is 12.1 Å². The second-order valence-electron chi connectivity index (χ2n) is 4.55. The summed E-state index contributed by atoms with van der Waals surface area (Å²) >= 11 is 0. The van der Waals surface area contributed by atoms with Gasteiger partial charge in [0.15, 0.2) is 11.6 Å². The number of anilines is 2. The van der Waals surface area contributed by atoms with Crippen molar-refractivity contribution in [1.82, 2.24) is 0 Å². The Balaban J connectivity index is 1.82. The van der Waals surface area contributed by atoms with Gasteiger partial charge in [-0.25, -0.2) is 22.3 Å². The van der Waals surface area contributed by atoms with E-state index in [4.69, 9.17) is 5.14 Å². The second-order valence-corrected chi connectivity index (χ2v) is 6.11. The van der Waals surface area contributed by atoms with E-state index in [2.05, 4.69) is 10.6 Å². The smallest absolute Gasteiger partial charge is 0.238 e. The Morgan fingerprint density at radius 2 is 1.41 bits per heavy atom. The predicted octanol–water partition coefficient (Wildman–Crippen LogP) is 2.14. The van der Waals surface area contributed by atoms with Gasteiger partial charge in [0.2, 0.25) is 10.0 Å². The molecule has 0 heterocycles. The van der Waals surface area contributed by atoms with Gasteiger partial charge in [-0.2, -0.15) is 0 Å². The molecule has 0 aromatic heterocycles. The van der Waals surface area contributed by atoms with Gasteiger partial charge < -0.3 is 10.6 Å². The van der Waals surface area contributed by atoms with Crippen LogP contribution in [0.1, 0.15) is 0 Å². The van der Waals surface area contributed by atoms with Crippen LogP contribution in [0.3, 0.4) is 0 Å². The number of hydrogen-bond acceptors (Lipinski definition) is 4. The molecule has 0 atom stereocenters. The lowest BCUT2D eigenvalue weighted by molar-refractivity contribution is 0.509. The first-order valence-electron chi connectivity index (χ1n) is 6.42. The molecule has 5 nitrogen and oxygen atoms in total. The van der Waals surface area contributed by atoms with Crippen molar-refractivity contribution in [3.05, 3.63) is 54.1 Å². The molecule has 2 aromatic carbocycles. The Hall–Kier alpha value is -2.19. The fourth-order valence-corrected chi connectivity index (χ4v) is 2.30. The van der Waals surface area contributed by atoms with Crippen molar-refractivity contribution >= 4 is 21.4 Å². The van der Waals surface area contributed by atoms with Crippen molar-refractivity contribution in [2.45, 2.75) is 4.90 Å². The minimum Gasteiger partial charge on any atom is -0.383 e. The first kappa shape index (κ1) is 16.2. The normalized spacial score (nSPS) is 11.2. The molecule has 0 aliphatic heterocycles. The molecular formula is C14H15F2N3O2S. The van der Waals surface area contributed by atoms with Crippen molar-refractivity contribution in [2.75, 3.05) is 23.7 Å². The van der Waals surface area contributed by atoms with Gasteiger partial charge in [0.1, 0.15) is 0 Å². The number of hydrogen-bond donors (Lipinski definition) is 3. The van der Waals surface area contributed by atoms with E-state index in [0.717, 1.165) is 17.8 Å². The van der Waals surface area contributed by atoms with Gasteiger partial charge in [0, 0.05) is 24.5 Å². The monoisotopic (exact) mass is 327 g/mol. The summed E-state index contributed by atoms with van der Waals surface area (Å²) < 4.78 is 48.0. The SMILES string of the molecule is NS(=O)(=O)c1ccc(NCCNc2ccc(F)c(F)c2)cc1. The molecule has 118 valence electrons. The first-order chi connectivity index (χ1) is 10.4. The molecule has 8 heteroatoms. The minimum atomic E-state index is -3.69. The Morgan fingerprint density at radius 1 is 0.864 bits per heavy atom. The van der Waals surface area contributed by atoms with Gasteiger partial charge in [-0.05, 0) is 42.5 Å². The van der Waals surface area contributed by atoms with Gasteiger partial charge >= 0.3 is 0 Å². The summed E-state index contributed by atoms with van der Waals surface area (Å²) in [5.41, 5.74) is 1.20. The maximum atomic E-state index is 13.0. The van der Waals surface area contributed by atoms with E-state index in [1.807, 2.05) is 0 Å². The third-order valence-corrected chi connectivity index (χ3v) is 3.81. The number of primary sulfonamides is 1. The molecule has 0 aliphatic carbocycles. The molecule has 0 spiro atoms. The van der Waals surface area contributed by atoms with Crippen LogP contribution in [0, 0.1) is 11.6 Å². The van der Waals surface area contributed by atoms with Gasteiger partial charge in [-0.3, -0.25) is 0 Å². The molecule has 0 aliphatic rings. The molecule has 4 N–H and O–H groups in total. The van der Waals surface area contributed by atoms with Crippen LogP contribution in [0.2, 0.25) is 0 Å². The van der Waals surface area contributed by atoms with Crippen LogP contribution >= 0.6 is 0 Å². The summed E-state index contributed by atoms with van der Waals surface area (Å²) in [7, 11) is -3.69. The fourth-order valence-electron chi connectivity index (χ4n) is 1.78. The number of nitrogens with two attached hydrogens (primary N) is 1. The summed E-state index contributed by atoms with van der Waals surface area (Å²) in [5, 5.41) is 11.0. The molecule has 0 saturated carbocycles. The van der Waals surface area contributed by atoms with Gasteiger partial charge in [-0.15, -0.1) is 0 Å². The van der Waals surface area contributed by atoms with E-state index in [0.29, 0.717) is 18.8 Å². The molecule has 0 saturated heterocycles. The minimum absolute atomic E-state index is 0.0398. The Morgan fingerprint density at radius 3 is 1.95 bits per heavy atom. The summed E-state index contributed by atoms with van der Waals surface area (Å²) in [5.74, 6) is -1.80. The number of sulfonamides is 1. The largest absolute Gasteiger partial charge is 0.383 e. The molecule has 0 bridgehead atoms. The van der Waals surface area contributed by atoms with Crippen LogP contribution in [0.4, 0.5) is 20.2 Å². The van der Waals surface area contributed by atoms with Crippen LogP contribution in [0.15, 0.2) is 47.4 Å². The van der Waals surface area contributed by atoms with Crippen LogP contribution in [-0.2, 0) is 10.0 Å². The molecule has 0 fully saturated rings. The molecule has 2 rings (SSSR count).